The molecular weight excluding hydrogens is 1050 g/mol. The van der Waals surface area contributed by atoms with E-state index >= 15 is 0 Å². The molecule has 0 aromatic carbocycles. The molecule has 3 heterocycles. The van der Waals surface area contributed by atoms with E-state index in [0.717, 1.165) is 66.5 Å². The summed E-state index contributed by atoms with van der Waals surface area (Å²) in [6.45, 7) is 47.7. The molecule has 3 fully saturated rings. The highest BCUT2D eigenvalue weighted by Gasteiger charge is 2.46. The van der Waals surface area contributed by atoms with Crippen molar-refractivity contribution in [1.82, 2.24) is 0 Å². The van der Waals surface area contributed by atoms with Crippen molar-refractivity contribution in [2.45, 2.75) is 223 Å². The summed E-state index contributed by atoms with van der Waals surface area (Å²) in [5.74, 6) is 0. The van der Waals surface area contributed by atoms with Gasteiger partial charge in [-0.05, 0) is 205 Å². The first-order valence-electron chi connectivity index (χ1n) is 24.0. The van der Waals surface area contributed by atoms with Crippen LogP contribution in [0, 0.1) is 0 Å². The van der Waals surface area contributed by atoms with E-state index in [0.29, 0.717) is 0 Å². The standard InChI is InChI=1S/C35H93O13Si15/c1-33-30-49(4)39-51(6)41-54(36-33)22-25-57(9,10)45-61(17,18)46-59(13,14)27-24-56-38-35(3)32-63(21,44-53(8)43-56)29-28-60(15,16)48-62(19,20)47-58(11,12)26-23-55-37-34(2)31-50(5)40-52(7)42-55/h33-35,49-53H,22-32H2,1-21H3. The van der Waals surface area contributed by atoms with Gasteiger partial charge in [0.05, 0.1) is 0 Å². The van der Waals surface area contributed by atoms with Crippen molar-refractivity contribution in [2.75, 3.05) is 0 Å². The number of rotatable bonds is 20. The highest BCUT2D eigenvalue weighted by molar-refractivity contribution is 6.90. The summed E-state index contributed by atoms with van der Waals surface area (Å²) in [7, 11) is -26.9. The molecule has 3 saturated heterocycles. The quantitative estimate of drug-likeness (QED) is 0.108. The second-order valence-corrected chi connectivity index (χ2v) is 69.1. The van der Waals surface area contributed by atoms with Gasteiger partial charge in [0.15, 0.2) is 59.7 Å². The maximum atomic E-state index is 7.10. The van der Waals surface area contributed by atoms with Crippen LogP contribution in [0.2, 0.25) is 184 Å². The molecule has 3 radical (unpaired) electrons. The Balaban J connectivity index is 1.47. The van der Waals surface area contributed by atoms with Crippen LogP contribution in [0.25, 0.3) is 0 Å². The predicted octanol–water partition coefficient (Wildman–Crippen LogP) is 8.93. The van der Waals surface area contributed by atoms with Gasteiger partial charge in [0, 0.05) is 18.3 Å². The Bertz CT molecular complexity index is 1330. The van der Waals surface area contributed by atoms with Crippen LogP contribution in [0.15, 0.2) is 0 Å². The summed E-state index contributed by atoms with van der Waals surface area (Å²) >= 11 is 0. The Kier molecular flexibility index (Phi) is 24.2. The molecule has 13 nitrogen and oxygen atoms in total. The molecule has 0 aromatic heterocycles. The zero-order valence-electron chi connectivity index (χ0n) is 43.7. The lowest BCUT2D eigenvalue weighted by molar-refractivity contribution is 0.181. The minimum atomic E-state index is -2.40. The topological polar surface area (TPSA) is 120 Å². The summed E-state index contributed by atoms with van der Waals surface area (Å²) in [5.41, 5.74) is 0. The fourth-order valence-electron chi connectivity index (χ4n) is 9.48. The smallest absolute Gasteiger partial charge is 0.374 e. The second-order valence-electron chi connectivity index (χ2n) is 22.3. The van der Waals surface area contributed by atoms with Crippen molar-refractivity contribution in [1.29, 1.82) is 0 Å². The monoisotopic (exact) mass is 1140 g/mol. The van der Waals surface area contributed by atoms with Crippen LogP contribution in [-0.2, 0) is 54.4 Å². The Morgan fingerprint density at radius 3 is 1.17 bits per heavy atom. The van der Waals surface area contributed by atoms with Gasteiger partial charge in [-0.15, -0.1) is 0 Å². The van der Waals surface area contributed by atoms with E-state index in [1.165, 1.54) is 0 Å². The average Bonchev–Trinajstić information content (AvgIpc) is 3.03. The van der Waals surface area contributed by atoms with Crippen LogP contribution >= 0.6 is 0 Å². The molecular formula is C35H93O13Si15. The van der Waals surface area contributed by atoms with E-state index < -0.39 is 132 Å². The molecule has 371 valence electrons. The third-order valence-electron chi connectivity index (χ3n) is 11.4. The fraction of sp³-hybridized carbons (Fsp3) is 1.00. The molecule has 0 bridgehead atoms. The minimum absolute atomic E-state index is 0.105. The molecule has 3 rings (SSSR count). The van der Waals surface area contributed by atoms with Crippen molar-refractivity contribution < 1.29 is 54.4 Å². The Labute approximate surface area is 407 Å². The molecule has 0 aliphatic carbocycles. The van der Waals surface area contributed by atoms with Gasteiger partial charge in [-0.25, -0.2) is 0 Å². The van der Waals surface area contributed by atoms with E-state index in [1.54, 1.807) is 0 Å². The van der Waals surface area contributed by atoms with Crippen molar-refractivity contribution >= 4 is 132 Å². The first kappa shape index (κ1) is 60.0. The van der Waals surface area contributed by atoms with E-state index in [-0.39, 0.29) is 18.3 Å². The largest absolute Gasteiger partial charge is 0.441 e. The predicted molar refractivity (Wildman–Crippen MR) is 294 cm³/mol. The Hall–Kier alpha value is 2.73. The Morgan fingerprint density at radius 1 is 0.492 bits per heavy atom. The molecule has 28 heteroatoms. The molecule has 0 amide bonds. The van der Waals surface area contributed by atoms with Gasteiger partial charge in [0.2, 0.25) is 0 Å². The third kappa shape index (κ3) is 24.6. The SMILES string of the molecule is CC1C[SiH](C)O[SiH](C)O[Si](CC[Si](C)(C)O[Si](C)(C)O[Si](C)(C)CC[Si]2OC(C)C[Si](C)(CC[Si](C)(C)O[Si](C)(C)O[Si](C)(C)CC[Si]3OC(C)C[SiH](C)O[SiH](C)O3)O[SiH](C)O2)O1. The first-order chi connectivity index (χ1) is 28.6. The van der Waals surface area contributed by atoms with Gasteiger partial charge in [-0.1, -0.05) is 0 Å². The molecule has 0 N–H and O–H groups in total. The molecule has 9 unspecified atom stereocenters. The lowest BCUT2D eigenvalue weighted by Gasteiger charge is -2.42. The van der Waals surface area contributed by atoms with Crippen LogP contribution < -0.4 is 0 Å². The van der Waals surface area contributed by atoms with Gasteiger partial charge in [0.25, 0.3) is 27.9 Å². The summed E-state index contributed by atoms with van der Waals surface area (Å²) in [6.07, 6.45) is 0.539. The van der Waals surface area contributed by atoms with Gasteiger partial charge in [-0.3, -0.25) is 0 Å². The summed E-state index contributed by atoms with van der Waals surface area (Å²) in [5, 5.41) is 0. The summed E-state index contributed by atoms with van der Waals surface area (Å²) < 4.78 is 87.1. The van der Waals surface area contributed by atoms with Crippen LogP contribution in [0.1, 0.15) is 20.8 Å². The van der Waals surface area contributed by atoms with E-state index in [1.807, 2.05) is 0 Å². The highest BCUT2D eigenvalue weighted by Crippen LogP contribution is 2.34. The van der Waals surface area contributed by atoms with Crippen molar-refractivity contribution in [3.05, 3.63) is 0 Å². The normalized spacial score (nSPS) is 31.8. The molecule has 3 aliphatic rings. The number of hydrogen-bond acceptors (Lipinski definition) is 13. The molecule has 3 aliphatic heterocycles. The first-order valence-corrected chi connectivity index (χ1v) is 60.7. The zero-order valence-corrected chi connectivity index (χ0v) is 59.5. The zero-order chi connectivity index (χ0) is 47.8. The molecule has 9 atom stereocenters. The average molecular weight is 1140 g/mol. The van der Waals surface area contributed by atoms with E-state index in [2.05, 4.69) is 139 Å². The summed E-state index contributed by atoms with van der Waals surface area (Å²) in [6, 6.07) is 11.0. The lowest BCUT2D eigenvalue weighted by Crippen LogP contribution is -2.54. The van der Waals surface area contributed by atoms with Crippen molar-refractivity contribution in [3.8, 4) is 0 Å². The van der Waals surface area contributed by atoms with Gasteiger partial charge in [0.1, 0.15) is 0 Å². The van der Waals surface area contributed by atoms with Gasteiger partial charge in [-0.2, -0.15) is 0 Å². The molecule has 0 saturated carbocycles. The maximum absolute atomic E-state index is 7.10. The van der Waals surface area contributed by atoms with Crippen molar-refractivity contribution in [2.24, 2.45) is 0 Å². The maximum Gasteiger partial charge on any atom is 0.374 e. The highest BCUT2D eigenvalue weighted by atomic mass is 28.5. The second kappa shape index (κ2) is 25.4. The molecule has 63 heavy (non-hydrogen) atoms. The van der Waals surface area contributed by atoms with E-state index in [4.69, 9.17) is 54.4 Å². The summed E-state index contributed by atoms with van der Waals surface area (Å²) in [4.78, 5) is 0. The minimum Gasteiger partial charge on any atom is -0.441 e. The van der Waals surface area contributed by atoms with Crippen LogP contribution in [0.5, 0.6) is 0 Å². The molecule has 0 aromatic rings. The van der Waals surface area contributed by atoms with Crippen LogP contribution in [0.4, 0.5) is 0 Å². The fourth-order valence-corrected chi connectivity index (χ4v) is 72.6. The van der Waals surface area contributed by atoms with Crippen LogP contribution in [0.3, 0.4) is 0 Å². The third-order valence-corrected chi connectivity index (χ3v) is 62.8. The van der Waals surface area contributed by atoms with Crippen molar-refractivity contribution in [3.63, 3.8) is 0 Å². The van der Waals surface area contributed by atoms with Gasteiger partial charge < -0.3 is 54.4 Å². The van der Waals surface area contributed by atoms with Crippen LogP contribution in [-0.4, -0.2) is 151 Å². The van der Waals surface area contributed by atoms with E-state index in [9.17, 15) is 0 Å². The molecule has 0 spiro atoms. The Morgan fingerprint density at radius 2 is 0.810 bits per heavy atom. The lowest BCUT2D eigenvalue weighted by atomic mass is 10.5. The number of hydrogen-bond donors (Lipinski definition) is 0. The van der Waals surface area contributed by atoms with Gasteiger partial charge >= 0.3 is 45.0 Å².